The molecule has 0 aromatic rings. The van der Waals surface area contributed by atoms with Crippen molar-refractivity contribution in [1.29, 1.82) is 0 Å². The molecule has 22 heavy (non-hydrogen) atoms. The molecule has 4 nitrogen and oxygen atoms in total. The van der Waals surface area contributed by atoms with Gasteiger partial charge >= 0.3 is 5.97 Å². The van der Waals surface area contributed by atoms with Gasteiger partial charge in [-0.15, -0.1) is 0 Å². The quantitative estimate of drug-likeness (QED) is 0.806. The van der Waals surface area contributed by atoms with Crippen LogP contribution in [0.3, 0.4) is 0 Å². The van der Waals surface area contributed by atoms with Gasteiger partial charge in [0.05, 0.1) is 5.92 Å². The fourth-order valence-corrected chi connectivity index (χ4v) is 2.61. The van der Waals surface area contributed by atoms with E-state index in [0.29, 0.717) is 25.1 Å². The van der Waals surface area contributed by atoms with Crippen LogP contribution < -0.4 is 0 Å². The third-order valence-electron chi connectivity index (χ3n) is 4.39. The standard InChI is InChI=1S/C16H27NO3.C2H6/c1-10-7-13(15(19)20)9-17(8-10)14(18)11(2)12(3)16(4,5)6;1-2/h10,12-13H,2,7-9H2,1,3-6H3,(H,19,20);1-2H3. The molecule has 0 saturated carbocycles. The van der Waals surface area contributed by atoms with Crippen molar-refractivity contribution >= 4 is 11.9 Å². The lowest BCUT2D eigenvalue weighted by molar-refractivity contribution is -0.146. The van der Waals surface area contributed by atoms with E-state index in [-0.39, 0.29) is 23.2 Å². The first kappa shape index (κ1) is 20.7. The van der Waals surface area contributed by atoms with Crippen molar-refractivity contribution in [2.24, 2.45) is 23.2 Å². The van der Waals surface area contributed by atoms with Crippen molar-refractivity contribution in [3.05, 3.63) is 12.2 Å². The molecule has 4 heteroatoms. The lowest BCUT2D eigenvalue weighted by Crippen LogP contribution is -2.47. The Labute approximate surface area is 135 Å². The molecule has 0 aliphatic carbocycles. The van der Waals surface area contributed by atoms with Gasteiger partial charge < -0.3 is 10.0 Å². The van der Waals surface area contributed by atoms with Gasteiger partial charge in [-0.2, -0.15) is 0 Å². The average Bonchev–Trinajstić information content (AvgIpc) is 2.45. The van der Waals surface area contributed by atoms with Crippen LogP contribution in [0, 0.1) is 23.2 Å². The Bertz CT molecular complexity index is 409. The highest BCUT2D eigenvalue weighted by Gasteiger charge is 2.35. The Hall–Kier alpha value is -1.32. The van der Waals surface area contributed by atoms with Crippen molar-refractivity contribution in [3.63, 3.8) is 0 Å². The maximum Gasteiger partial charge on any atom is 0.308 e. The van der Waals surface area contributed by atoms with E-state index in [1.807, 2.05) is 27.7 Å². The third kappa shape index (κ3) is 5.47. The molecule has 128 valence electrons. The zero-order valence-corrected chi connectivity index (χ0v) is 15.3. The number of carbonyl (C=O) groups is 2. The largest absolute Gasteiger partial charge is 0.481 e. The van der Waals surface area contributed by atoms with Gasteiger partial charge in [-0.3, -0.25) is 9.59 Å². The van der Waals surface area contributed by atoms with E-state index in [4.69, 9.17) is 0 Å². The van der Waals surface area contributed by atoms with Gasteiger partial charge in [0.25, 0.3) is 0 Å². The molecule has 1 rings (SSSR count). The molecule has 1 heterocycles. The number of hydrogen-bond acceptors (Lipinski definition) is 2. The van der Waals surface area contributed by atoms with E-state index in [9.17, 15) is 14.7 Å². The Morgan fingerprint density at radius 2 is 1.73 bits per heavy atom. The fraction of sp³-hybridized carbons (Fsp3) is 0.778. The monoisotopic (exact) mass is 311 g/mol. The maximum atomic E-state index is 12.5. The smallest absolute Gasteiger partial charge is 0.308 e. The third-order valence-corrected chi connectivity index (χ3v) is 4.39. The SMILES string of the molecule is C=C(C(=O)N1CC(C)CC(C(=O)O)C1)C(C)C(C)(C)C.CC. The second-order valence-corrected chi connectivity index (χ2v) is 7.20. The predicted molar refractivity (Wildman–Crippen MR) is 90.6 cm³/mol. The van der Waals surface area contributed by atoms with Crippen LogP contribution in [0.25, 0.3) is 0 Å². The normalized spacial score (nSPS) is 23.1. The number of aliphatic carboxylic acids is 1. The number of amides is 1. The molecule has 0 spiro atoms. The molecule has 1 saturated heterocycles. The summed E-state index contributed by atoms with van der Waals surface area (Å²) >= 11 is 0. The number of carboxylic acid groups (broad SMARTS) is 1. The molecule has 0 aromatic carbocycles. The van der Waals surface area contributed by atoms with Gasteiger partial charge in [-0.25, -0.2) is 0 Å². The van der Waals surface area contributed by atoms with E-state index in [0.717, 1.165) is 0 Å². The van der Waals surface area contributed by atoms with Crippen molar-refractivity contribution in [1.82, 2.24) is 4.90 Å². The summed E-state index contributed by atoms with van der Waals surface area (Å²) < 4.78 is 0. The summed E-state index contributed by atoms with van der Waals surface area (Å²) in [7, 11) is 0. The minimum Gasteiger partial charge on any atom is -0.481 e. The zero-order chi connectivity index (χ0) is 17.7. The Kier molecular flexibility index (Phi) is 7.85. The lowest BCUT2D eigenvalue weighted by atomic mass is 9.77. The van der Waals surface area contributed by atoms with Crippen LogP contribution in [-0.2, 0) is 9.59 Å². The summed E-state index contributed by atoms with van der Waals surface area (Å²) in [6, 6.07) is 0. The summed E-state index contributed by atoms with van der Waals surface area (Å²) in [5.74, 6) is -1.09. The van der Waals surface area contributed by atoms with Gasteiger partial charge in [0.15, 0.2) is 0 Å². The van der Waals surface area contributed by atoms with E-state index >= 15 is 0 Å². The second-order valence-electron chi connectivity index (χ2n) is 7.20. The van der Waals surface area contributed by atoms with Crippen LogP contribution >= 0.6 is 0 Å². The molecule has 1 aliphatic rings. The van der Waals surface area contributed by atoms with Gasteiger partial charge in [0.1, 0.15) is 0 Å². The first-order valence-electron chi connectivity index (χ1n) is 8.25. The summed E-state index contributed by atoms with van der Waals surface area (Å²) in [5, 5.41) is 9.17. The number of hydrogen-bond donors (Lipinski definition) is 1. The Balaban J connectivity index is 0.00000211. The van der Waals surface area contributed by atoms with Crippen LogP contribution in [0.2, 0.25) is 0 Å². The number of carbonyl (C=O) groups excluding carboxylic acids is 1. The second kappa shape index (κ2) is 8.35. The van der Waals surface area contributed by atoms with E-state index in [1.54, 1.807) is 4.90 Å². The van der Waals surface area contributed by atoms with Crippen molar-refractivity contribution < 1.29 is 14.7 Å². The summed E-state index contributed by atoms with van der Waals surface area (Å²) in [5.41, 5.74) is 0.552. The van der Waals surface area contributed by atoms with Gasteiger partial charge in [-0.1, -0.05) is 55.0 Å². The van der Waals surface area contributed by atoms with E-state index in [1.165, 1.54) is 0 Å². The first-order chi connectivity index (χ1) is 10.0. The number of piperidine rings is 1. The first-order valence-corrected chi connectivity index (χ1v) is 8.25. The average molecular weight is 311 g/mol. The molecule has 3 atom stereocenters. The van der Waals surface area contributed by atoms with E-state index < -0.39 is 11.9 Å². The van der Waals surface area contributed by atoms with Crippen LogP contribution in [0.5, 0.6) is 0 Å². The van der Waals surface area contributed by atoms with Crippen LogP contribution in [0.4, 0.5) is 0 Å². The predicted octanol–water partition coefficient (Wildman–Crippen LogP) is 3.82. The summed E-state index contributed by atoms with van der Waals surface area (Å²) in [4.78, 5) is 25.4. The van der Waals surface area contributed by atoms with E-state index in [2.05, 4.69) is 27.4 Å². The molecule has 1 amide bonds. The van der Waals surface area contributed by atoms with Crippen LogP contribution in [-0.4, -0.2) is 35.0 Å². The van der Waals surface area contributed by atoms with Crippen LogP contribution in [0.15, 0.2) is 12.2 Å². The number of likely N-dealkylation sites (tertiary alicyclic amines) is 1. The maximum absolute atomic E-state index is 12.5. The van der Waals surface area contributed by atoms with Gasteiger partial charge in [-0.05, 0) is 23.7 Å². The summed E-state index contributed by atoms with van der Waals surface area (Å²) in [6.45, 7) is 19.1. The Morgan fingerprint density at radius 1 is 1.23 bits per heavy atom. The Morgan fingerprint density at radius 3 is 2.14 bits per heavy atom. The van der Waals surface area contributed by atoms with Crippen LogP contribution in [0.1, 0.15) is 54.9 Å². The fourth-order valence-electron chi connectivity index (χ4n) is 2.61. The number of rotatable bonds is 3. The molecular weight excluding hydrogens is 278 g/mol. The zero-order valence-electron chi connectivity index (χ0n) is 15.3. The molecule has 1 aliphatic heterocycles. The molecule has 1 N–H and O–H groups in total. The molecule has 0 bridgehead atoms. The molecule has 3 unspecified atom stereocenters. The minimum absolute atomic E-state index is 0.0274. The molecule has 0 aromatic heterocycles. The highest BCUT2D eigenvalue weighted by atomic mass is 16.4. The van der Waals surface area contributed by atoms with Gasteiger partial charge in [0, 0.05) is 18.7 Å². The molecule has 1 fully saturated rings. The molecular formula is C18H33NO3. The van der Waals surface area contributed by atoms with Crippen molar-refractivity contribution in [3.8, 4) is 0 Å². The van der Waals surface area contributed by atoms with Crippen molar-refractivity contribution in [2.75, 3.05) is 13.1 Å². The highest BCUT2D eigenvalue weighted by molar-refractivity contribution is 5.93. The minimum atomic E-state index is -0.816. The van der Waals surface area contributed by atoms with Crippen molar-refractivity contribution in [2.45, 2.75) is 54.9 Å². The lowest BCUT2D eigenvalue weighted by Gasteiger charge is -2.37. The molecule has 0 radical (unpaired) electrons. The number of carboxylic acids is 1. The summed E-state index contributed by atoms with van der Waals surface area (Å²) in [6.07, 6.45) is 0.639. The van der Waals surface area contributed by atoms with Gasteiger partial charge in [0.2, 0.25) is 5.91 Å². The highest BCUT2D eigenvalue weighted by Crippen LogP contribution is 2.32. The topological polar surface area (TPSA) is 57.6 Å². The number of nitrogens with zero attached hydrogens (tertiary/aromatic N) is 1.